The van der Waals surface area contributed by atoms with Gasteiger partial charge in [0.25, 0.3) is 0 Å². The van der Waals surface area contributed by atoms with Crippen LogP contribution >= 0.6 is 0 Å². The molecule has 0 aliphatic heterocycles. The fourth-order valence-electron chi connectivity index (χ4n) is 6.78. The maximum atomic E-state index is 7.92. The van der Waals surface area contributed by atoms with E-state index in [2.05, 4.69) is 172 Å². The fourth-order valence-corrected chi connectivity index (χ4v) is 6.78. The first kappa shape index (κ1) is 32.7. The van der Waals surface area contributed by atoms with Crippen LogP contribution in [0.5, 0.6) is 0 Å². The van der Waals surface area contributed by atoms with Gasteiger partial charge in [-0.2, -0.15) is 0 Å². The summed E-state index contributed by atoms with van der Waals surface area (Å²) in [4.78, 5) is 0. The van der Waals surface area contributed by atoms with Gasteiger partial charge in [0, 0.05) is 0 Å². The maximum absolute atomic E-state index is 7.92. The Morgan fingerprint density at radius 2 is 0.667 bits per heavy atom. The van der Waals surface area contributed by atoms with Gasteiger partial charge in [-0.15, -0.1) is 0 Å². The summed E-state index contributed by atoms with van der Waals surface area (Å²) in [5.74, 6) is 0. The molecule has 3 heteroatoms. The van der Waals surface area contributed by atoms with Crippen molar-refractivity contribution in [2.24, 2.45) is 0 Å². The van der Waals surface area contributed by atoms with E-state index in [9.17, 15) is 0 Å². The van der Waals surface area contributed by atoms with Gasteiger partial charge in [-0.05, 0) is 96.1 Å². The summed E-state index contributed by atoms with van der Waals surface area (Å²) in [5.41, 5.74) is 8.07. The van der Waals surface area contributed by atoms with E-state index in [1.165, 1.54) is 76.5 Å². The zero-order valence-electron chi connectivity index (χ0n) is 27.9. The molecule has 2 N–H and O–H groups in total. The van der Waals surface area contributed by atoms with E-state index in [1.54, 1.807) is 6.92 Å². The monoisotopic (exact) mass is 624 g/mol. The smallest absolute Gasteiger partial charge is 0.427 e. The fraction of sp³-hybridized carbons (Fsp3) is 0.111. The highest BCUT2D eigenvalue weighted by molar-refractivity contribution is 6.40. The van der Waals surface area contributed by atoms with Gasteiger partial charge >= 0.3 is 7.12 Å². The van der Waals surface area contributed by atoms with Crippen molar-refractivity contribution in [1.29, 1.82) is 0 Å². The molecule has 0 atom stereocenters. The highest BCUT2D eigenvalue weighted by atomic mass is 16.4. The Morgan fingerprint density at radius 3 is 0.979 bits per heavy atom. The van der Waals surface area contributed by atoms with Crippen LogP contribution in [0.15, 0.2) is 158 Å². The second-order valence-corrected chi connectivity index (χ2v) is 12.0. The van der Waals surface area contributed by atoms with Crippen LogP contribution in [0.2, 0.25) is 6.32 Å². The molecule has 0 aliphatic rings. The van der Waals surface area contributed by atoms with Crippen LogP contribution in [0.25, 0.3) is 65.3 Å². The summed E-state index contributed by atoms with van der Waals surface area (Å²) >= 11 is 0. The van der Waals surface area contributed by atoms with Crippen molar-refractivity contribution < 1.29 is 10.0 Å². The van der Waals surface area contributed by atoms with E-state index < -0.39 is 7.12 Å². The van der Waals surface area contributed by atoms with Gasteiger partial charge in [0.1, 0.15) is 0 Å². The normalized spacial score (nSPS) is 10.8. The minimum absolute atomic E-state index is 0.417. The van der Waals surface area contributed by atoms with Crippen molar-refractivity contribution in [3.05, 3.63) is 169 Å². The molecule has 8 aromatic rings. The van der Waals surface area contributed by atoms with Crippen LogP contribution < -0.4 is 0 Å². The lowest BCUT2D eigenvalue weighted by molar-refractivity contribution is 0.408. The Labute approximate surface area is 284 Å². The first-order valence-electron chi connectivity index (χ1n) is 16.8. The van der Waals surface area contributed by atoms with Crippen molar-refractivity contribution in [3.63, 3.8) is 0 Å². The lowest BCUT2D eigenvalue weighted by Crippen LogP contribution is -2.06. The lowest BCUT2D eigenvalue weighted by Gasteiger charge is -2.16. The number of aryl methyl sites for hydroxylation is 2. The van der Waals surface area contributed by atoms with Crippen LogP contribution in [0.4, 0.5) is 0 Å². The Hall–Kier alpha value is -5.22. The van der Waals surface area contributed by atoms with Crippen LogP contribution in [-0.2, 0) is 6.42 Å². The summed E-state index contributed by atoms with van der Waals surface area (Å²) in [6.45, 7) is 6.17. The molecule has 0 radical (unpaired) electrons. The van der Waals surface area contributed by atoms with Crippen molar-refractivity contribution in [2.45, 2.75) is 33.5 Å². The van der Waals surface area contributed by atoms with Crippen molar-refractivity contribution >= 4 is 50.2 Å². The number of hydrogen-bond acceptors (Lipinski definition) is 2. The molecule has 0 aromatic heterocycles. The lowest BCUT2D eigenvalue weighted by atomic mass is 9.88. The molecule has 0 amide bonds. The zero-order chi connectivity index (χ0) is 33.5. The van der Waals surface area contributed by atoms with E-state index in [0.717, 1.165) is 6.42 Å². The summed E-state index contributed by atoms with van der Waals surface area (Å²) in [6.07, 6.45) is 1.47. The molecule has 0 saturated heterocycles. The molecular weight excluding hydrogens is 583 g/mol. The molecule has 0 aliphatic carbocycles. The average molecular weight is 625 g/mol. The van der Waals surface area contributed by atoms with E-state index in [-0.39, 0.29) is 0 Å². The Balaban J connectivity index is 0.000000147. The first-order valence-corrected chi connectivity index (χ1v) is 16.8. The zero-order valence-corrected chi connectivity index (χ0v) is 27.9. The van der Waals surface area contributed by atoms with Crippen molar-refractivity contribution in [2.75, 3.05) is 0 Å². The minimum atomic E-state index is -1.12. The first-order chi connectivity index (χ1) is 23.5. The van der Waals surface area contributed by atoms with Crippen LogP contribution in [-0.4, -0.2) is 17.2 Å². The largest absolute Gasteiger partial charge is 0.451 e. The summed E-state index contributed by atoms with van der Waals surface area (Å²) in [6, 6.07) is 56.4. The van der Waals surface area contributed by atoms with Crippen molar-refractivity contribution in [3.8, 4) is 22.3 Å². The number of hydrogen-bond donors (Lipinski definition) is 2. The molecule has 2 nitrogen and oxygen atoms in total. The second kappa shape index (κ2) is 15.1. The van der Waals surface area contributed by atoms with Crippen LogP contribution in [0.1, 0.15) is 25.0 Å². The third-order valence-corrected chi connectivity index (χ3v) is 9.09. The maximum Gasteiger partial charge on any atom is 0.451 e. The molecule has 8 rings (SSSR count). The van der Waals surface area contributed by atoms with Crippen molar-refractivity contribution in [1.82, 2.24) is 0 Å². The molecular formula is C45H41BO2. The molecule has 0 bridgehead atoms. The number of benzene rings is 8. The minimum Gasteiger partial charge on any atom is -0.427 e. The van der Waals surface area contributed by atoms with Gasteiger partial charge in [0.2, 0.25) is 0 Å². The van der Waals surface area contributed by atoms with Gasteiger partial charge in [-0.3, -0.25) is 0 Å². The standard InChI is InChI=1S/C22H18.C21H16.C2H7BO2/c1-2-17-18-12-6-8-14-20(18)22(16-10-4-3-5-11-16)21-15-9-7-13-19(17)21;1-15-17-11-5-7-13-19(17)21(16-9-3-2-4-10-16)20-14-8-6-12-18(15)20;1-2-3(4)5/h3-15H,2H2,1H3;2-14H,1H3;4-5H,2H2,1H3. The van der Waals surface area contributed by atoms with Gasteiger partial charge < -0.3 is 10.0 Å². The van der Waals surface area contributed by atoms with E-state index in [0.29, 0.717) is 6.32 Å². The number of fused-ring (bicyclic) bond motifs is 4. The van der Waals surface area contributed by atoms with Gasteiger partial charge in [0.05, 0.1) is 0 Å². The number of rotatable bonds is 4. The molecule has 0 unspecified atom stereocenters. The second-order valence-electron chi connectivity index (χ2n) is 12.0. The molecule has 236 valence electrons. The quantitative estimate of drug-likeness (QED) is 0.151. The summed E-state index contributed by atoms with van der Waals surface area (Å²) < 4.78 is 0. The Bertz CT molecular complexity index is 2180. The van der Waals surface area contributed by atoms with E-state index >= 15 is 0 Å². The third kappa shape index (κ3) is 6.62. The summed E-state index contributed by atoms with van der Waals surface area (Å²) in [5, 5.41) is 26.6. The Morgan fingerprint density at radius 1 is 0.396 bits per heavy atom. The third-order valence-electron chi connectivity index (χ3n) is 9.09. The highest BCUT2D eigenvalue weighted by Crippen LogP contribution is 2.40. The highest BCUT2D eigenvalue weighted by Gasteiger charge is 2.14. The molecule has 8 aromatic carbocycles. The van der Waals surface area contributed by atoms with Crippen LogP contribution in [0, 0.1) is 6.92 Å². The summed E-state index contributed by atoms with van der Waals surface area (Å²) in [7, 11) is -1.12. The Kier molecular flexibility index (Phi) is 10.3. The molecule has 48 heavy (non-hydrogen) atoms. The molecule has 0 spiro atoms. The van der Waals surface area contributed by atoms with Gasteiger partial charge in [0.15, 0.2) is 0 Å². The van der Waals surface area contributed by atoms with Gasteiger partial charge in [-0.25, -0.2) is 0 Å². The topological polar surface area (TPSA) is 40.5 Å². The van der Waals surface area contributed by atoms with E-state index in [1.807, 2.05) is 0 Å². The predicted octanol–water partition coefficient (Wildman–Crippen LogP) is 11.7. The van der Waals surface area contributed by atoms with E-state index in [4.69, 9.17) is 10.0 Å². The molecule has 0 fully saturated rings. The van der Waals surface area contributed by atoms with Crippen LogP contribution in [0.3, 0.4) is 0 Å². The predicted molar refractivity (Wildman–Crippen MR) is 209 cm³/mol. The molecule has 0 saturated carbocycles. The molecule has 0 heterocycles. The van der Waals surface area contributed by atoms with Gasteiger partial charge in [-0.1, -0.05) is 172 Å². The average Bonchev–Trinajstić information content (AvgIpc) is 3.15. The SMILES string of the molecule is CCB(O)O.CCc1c2ccccc2c(-c2ccccc2)c2ccccc12.Cc1c2ccccc2c(-c2ccccc2)c2ccccc12.